The zero-order chi connectivity index (χ0) is 6.24. The van der Waals surface area contributed by atoms with Gasteiger partial charge in [0.1, 0.15) is 0 Å². The molecule has 1 aromatic carbocycles. The summed E-state index contributed by atoms with van der Waals surface area (Å²) in [4.78, 5) is 0. The van der Waals surface area contributed by atoms with Crippen LogP contribution in [0.15, 0.2) is 30.3 Å². The molecule has 0 saturated heterocycles. The Morgan fingerprint density at radius 2 is 1.50 bits per heavy atom. The maximum Gasteiger partial charge on any atom is -0.0184 e. The van der Waals surface area contributed by atoms with Crippen molar-refractivity contribution in [1.29, 1.82) is 0 Å². The zero-order valence-corrected chi connectivity index (χ0v) is 5.18. The third-order valence-electron chi connectivity index (χ3n) is 0.607. The molecule has 1 aromatic rings. The molecule has 0 spiro atoms. The molecule has 0 atom stereocenters. The molecule has 0 heterocycles. The molecule has 8 heavy (non-hydrogen) atoms. The second-order valence-electron chi connectivity index (χ2n) is 1.08. The van der Waals surface area contributed by atoms with Gasteiger partial charge < -0.3 is 4.55 Å². The van der Waals surface area contributed by atoms with Crippen molar-refractivity contribution in [3.63, 3.8) is 0 Å². The van der Waals surface area contributed by atoms with Gasteiger partial charge in [-0.15, -0.1) is 0 Å². The number of thiol groups is 1. The van der Waals surface area contributed by atoms with E-state index in [1.165, 1.54) is 0 Å². The quantitative estimate of drug-likeness (QED) is 0.402. The Balaban J connectivity index is 0.000000222. The molecule has 1 nitrogen and oxygen atoms in total. The van der Waals surface area contributed by atoms with Gasteiger partial charge in [0, 0.05) is 0 Å². The van der Waals surface area contributed by atoms with Gasteiger partial charge in [-0.05, 0) is 19.0 Å². The summed E-state index contributed by atoms with van der Waals surface area (Å²) >= 11 is 2.53. The second-order valence-corrected chi connectivity index (χ2v) is 1.08. The van der Waals surface area contributed by atoms with Crippen LogP contribution >= 0.6 is 12.9 Å². The molecular weight excluding hydrogens is 120 g/mol. The highest BCUT2D eigenvalue weighted by molar-refractivity contribution is 7.74. The number of hydrogen-bond acceptors (Lipinski definition) is 2. The topological polar surface area (TPSA) is 20.2 Å². The minimum atomic E-state index is 1.88. The molecule has 0 aliphatic rings. The van der Waals surface area contributed by atoms with E-state index >= 15 is 0 Å². The summed E-state index contributed by atoms with van der Waals surface area (Å²) < 4.78 is 6.69. The fraction of sp³-hybridized carbons (Fsp3) is 0. The number of hydrogen-bond donors (Lipinski definition) is 2. The van der Waals surface area contributed by atoms with Crippen molar-refractivity contribution < 1.29 is 4.55 Å². The van der Waals surface area contributed by atoms with Crippen molar-refractivity contribution in [2.75, 3.05) is 0 Å². The third-order valence-corrected chi connectivity index (χ3v) is 0.607. The van der Waals surface area contributed by atoms with E-state index in [4.69, 9.17) is 4.55 Å². The van der Waals surface area contributed by atoms with Crippen molar-refractivity contribution in [1.82, 2.24) is 0 Å². The molecular formula is C6H7OS. The molecule has 0 unspecified atom stereocenters. The molecule has 1 rings (SSSR count). The Kier molecular flexibility index (Phi) is 6.15. The highest BCUT2D eigenvalue weighted by atomic mass is 32.1. The van der Waals surface area contributed by atoms with E-state index in [0.717, 1.165) is 0 Å². The minimum absolute atomic E-state index is 1.88. The van der Waals surface area contributed by atoms with Crippen LogP contribution in [0.5, 0.6) is 0 Å². The van der Waals surface area contributed by atoms with Crippen molar-refractivity contribution >= 4 is 12.9 Å². The standard InChI is InChI=1S/C6H5.H2OS/c1-2-4-6-5-3-1;1-2/h1-5H;1-2H. The average molecular weight is 127 g/mol. The molecule has 0 aliphatic heterocycles. The molecule has 0 fully saturated rings. The van der Waals surface area contributed by atoms with E-state index in [1.807, 2.05) is 30.3 Å². The third kappa shape index (κ3) is 3.71. The first kappa shape index (κ1) is 7.53. The molecule has 0 saturated carbocycles. The Morgan fingerprint density at radius 3 is 1.62 bits per heavy atom. The normalized spacial score (nSPS) is 6.75. The lowest BCUT2D eigenvalue weighted by Crippen LogP contribution is -1.49. The summed E-state index contributed by atoms with van der Waals surface area (Å²) in [6, 6.07) is 12.5. The first-order chi connectivity index (χ1) is 4.00. The molecule has 0 aliphatic carbocycles. The van der Waals surface area contributed by atoms with Gasteiger partial charge in [-0.3, -0.25) is 0 Å². The Morgan fingerprint density at radius 1 is 1.00 bits per heavy atom. The van der Waals surface area contributed by atoms with Crippen LogP contribution in [0.4, 0.5) is 0 Å². The van der Waals surface area contributed by atoms with Gasteiger partial charge in [-0.25, -0.2) is 0 Å². The average Bonchev–Trinajstić information content (AvgIpc) is 1.96. The van der Waals surface area contributed by atoms with E-state index in [1.54, 1.807) is 0 Å². The van der Waals surface area contributed by atoms with E-state index in [9.17, 15) is 0 Å². The van der Waals surface area contributed by atoms with E-state index in [-0.39, 0.29) is 0 Å². The summed E-state index contributed by atoms with van der Waals surface area (Å²) in [7, 11) is 0. The van der Waals surface area contributed by atoms with Gasteiger partial charge >= 0.3 is 0 Å². The first-order valence-corrected chi connectivity index (χ1v) is 2.51. The SMILES string of the molecule is OS.[c]1ccccc1. The van der Waals surface area contributed by atoms with Crippen molar-refractivity contribution in [2.45, 2.75) is 0 Å². The Hall–Kier alpha value is -0.470. The van der Waals surface area contributed by atoms with E-state index in [0.29, 0.717) is 0 Å². The van der Waals surface area contributed by atoms with Crippen LogP contribution in [0.1, 0.15) is 0 Å². The summed E-state index contributed by atoms with van der Waals surface area (Å²) in [6.07, 6.45) is 0. The van der Waals surface area contributed by atoms with Gasteiger partial charge in [0.2, 0.25) is 0 Å². The van der Waals surface area contributed by atoms with Gasteiger partial charge in [0.15, 0.2) is 0 Å². The molecule has 0 aromatic heterocycles. The Bertz CT molecular complexity index is 80.5. The van der Waals surface area contributed by atoms with E-state index < -0.39 is 0 Å². The van der Waals surface area contributed by atoms with Gasteiger partial charge in [0.25, 0.3) is 0 Å². The first-order valence-electron chi connectivity index (χ1n) is 2.11. The van der Waals surface area contributed by atoms with Gasteiger partial charge in [0.05, 0.1) is 0 Å². The second kappa shape index (κ2) is 6.53. The lowest BCUT2D eigenvalue weighted by Gasteiger charge is -1.68. The molecule has 0 amide bonds. The smallest absolute Gasteiger partial charge is 0.0184 e. The van der Waals surface area contributed by atoms with Crippen LogP contribution in [0.2, 0.25) is 0 Å². The molecule has 1 radical (unpaired) electrons. The van der Waals surface area contributed by atoms with Crippen LogP contribution in [-0.2, 0) is 0 Å². The van der Waals surface area contributed by atoms with E-state index in [2.05, 4.69) is 19.0 Å². The number of rotatable bonds is 0. The predicted octanol–water partition coefficient (Wildman–Crippen LogP) is 1.88. The maximum atomic E-state index is 6.69. The molecule has 1 N–H and O–H groups in total. The van der Waals surface area contributed by atoms with Crippen LogP contribution in [0.3, 0.4) is 0 Å². The minimum Gasteiger partial charge on any atom is -0.333 e. The largest absolute Gasteiger partial charge is 0.333 e. The van der Waals surface area contributed by atoms with Crippen molar-refractivity contribution in [3.8, 4) is 0 Å². The van der Waals surface area contributed by atoms with Gasteiger partial charge in [-0.2, -0.15) is 0 Å². The van der Waals surface area contributed by atoms with Crippen LogP contribution in [0, 0.1) is 6.07 Å². The molecule has 43 valence electrons. The summed E-state index contributed by atoms with van der Waals surface area (Å²) in [5.41, 5.74) is 0. The molecule has 0 bridgehead atoms. The van der Waals surface area contributed by atoms with Gasteiger partial charge in [-0.1, -0.05) is 30.3 Å². The summed E-state index contributed by atoms with van der Waals surface area (Å²) in [6.45, 7) is 0. The monoisotopic (exact) mass is 127 g/mol. The summed E-state index contributed by atoms with van der Waals surface area (Å²) in [5.74, 6) is 0. The van der Waals surface area contributed by atoms with Crippen LogP contribution in [0.25, 0.3) is 0 Å². The van der Waals surface area contributed by atoms with Crippen LogP contribution < -0.4 is 0 Å². The van der Waals surface area contributed by atoms with Crippen molar-refractivity contribution in [2.24, 2.45) is 0 Å². The Labute approximate surface area is 54.6 Å². The lowest BCUT2D eigenvalue weighted by molar-refractivity contribution is 0.679. The fourth-order valence-electron chi connectivity index (χ4n) is 0.342. The lowest BCUT2D eigenvalue weighted by atomic mass is 10.4. The highest BCUT2D eigenvalue weighted by Crippen LogP contribution is 1.78. The maximum absolute atomic E-state index is 6.69. The zero-order valence-electron chi connectivity index (χ0n) is 4.28. The van der Waals surface area contributed by atoms with Crippen LogP contribution in [-0.4, -0.2) is 4.55 Å². The fourth-order valence-corrected chi connectivity index (χ4v) is 0.342. The molecule has 2 heteroatoms. The highest BCUT2D eigenvalue weighted by Gasteiger charge is 1.58. The summed E-state index contributed by atoms with van der Waals surface area (Å²) in [5, 5.41) is 0. The predicted molar refractivity (Wildman–Crippen MR) is 36.9 cm³/mol. The number of benzene rings is 1. The van der Waals surface area contributed by atoms with Crippen molar-refractivity contribution in [3.05, 3.63) is 36.4 Å².